The molecule has 0 bridgehead atoms. The van der Waals surface area contributed by atoms with E-state index in [0.717, 1.165) is 25.7 Å². The number of aliphatic carboxylic acids is 2. The molecule has 0 fully saturated rings. The Morgan fingerprint density at radius 2 is 0.889 bits per heavy atom. The third-order valence-corrected chi connectivity index (χ3v) is 8.61. The number of hydrogen-bond acceptors (Lipinski definition) is 9. The maximum atomic E-state index is 13.3. The lowest BCUT2D eigenvalue weighted by atomic mass is 9.99. The largest absolute Gasteiger partial charge is 0.481 e. The van der Waals surface area contributed by atoms with Crippen molar-refractivity contribution in [2.45, 2.75) is 162 Å². The molecule has 0 aliphatic rings. The molecule has 0 rings (SSSR count). The van der Waals surface area contributed by atoms with Crippen molar-refractivity contribution in [2.24, 2.45) is 17.6 Å². The van der Waals surface area contributed by atoms with Crippen LogP contribution in [0.2, 0.25) is 0 Å². The summed E-state index contributed by atoms with van der Waals surface area (Å²) in [5.74, 6) is -8.48. The number of primary amides is 1. The molecule has 18 heteroatoms. The van der Waals surface area contributed by atoms with E-state index in [1.807, 2.05) is 0 Å². The lowest BCUT2D eigenvalue weighted by Gasteiger charge is -2.28. The van der Waals surface area contributed by atoms with Gasteiger partial charge in [0, 0.05) is 19.3 Å². The van der Waals surface area contributed by atoms with Crippen LogP contribution in [0.15, 0.2) is 0 Å². The number of hydrogen-bond donors (Lipinski definition) is 9. The summed E-state index contributed by atoms with van der Waals surface area (Å²) in [7, 11) is 0. The van der Waals surface area contributed by atoms with Gasteiger partial charge in [0.25, 0.3) is 0 Å². The molecule has 7 amide bonds. The van der Waals surface area contributed by atoms with Gasteiger partial charge in [0.15, 0.2) is 0 Å². The number of carboxylic acid groups (broad SMARTS) is 2. The van der Waals surface area contributed by atoms with Crippen LogP contribution in [0.25, 0.3) is 0 Å². The van der Waals surface area contributed by atoms with Crippen LogP contribution in [0.3, 0.4) is 0 Å². The zero-order valence-corrected chi connectivity index (χ0v) is 32.8. The Morgan fingerprint density at radius 3 is 1.37 bits per heavy atom. The van der Waals surface area contributed by atoms with Gasteiger partial charge in [0.05, 0.1) is 0 Å². The molecule has 0 aliphatic carbocycles. The number of amides is 7. The van der Waals surface area contributed by atoms with Crippen molar-refractivity contribution in [3.05, 3.63) is 0 Å². The summed E-state index contributed by atoms with van der Waals surface area (Å²) in [4.78, 5) is 112. The van der Waals surface area contributed by atoms with Crippen LogP contribution >= 0.6 is 0 Å². The molecule has 18 nitrogen and oxygen atoms in total. The standard InChI is InChI=1S/C36H63N7O11/c1-8-9-10-11-12-13-14-15-26(44)42-29(20(2)3)36(54)43-30(21(4)5)35(53)39-22(6)32(50)38-23(7)33(51)41-25(17-19-28(47)48)34(52)40-24(31(37)49)16-18-27(45)46/h20-25,29-30H,8-19H2,1-7H3,(H2,37,49)(H,38,50)(H,39,53)(H,40,52)(H,41,51)(H,42,44)(H,43,54)(H,45,46)(H,47,48)/t22-,23-,24-,25-,29-,30-/m0/s1. The summed E-state index contributed by atoms with van der Waals surface area (Å²) in [5, 5.41) is 32.9. The molecule has 0 saturated heterocycles. The van der Waals surface area contributed by atoms with Gasteiger partial charge in [-0.15, -0.1) is 0 Å². The van der Waals surface area contributed by atoms with E-state index < -0.39 is 109 Å². The first-order valence-electron chi connectivity index (χ1n) is 18.8. The second kappa shape index (κ2) is 26.1. The molecule has 0 unspecified atom stereocenters. The number of carbonyl (C=O) groups excluding carboxylic acids is 7. The molecule has 0 aliphatic heterocycles. The van der Waals surface area contributed by atoms with Gasteiger partial charge in [-0.1, -0.05) is 73.1 Å². The Labute approximate surface area is 317 Å². The Balaban J connectivity index is 5.39. The van der Waals surface area contributed by atoms with Crippen molar-refractivity contribution in [2.75, 3.05) is 0 Å². The molecule has 6 atom stereocenters. The maximum Gasteiger partial charge on any atom is 0.303 e. The number of nitrogens with two attached hydrogens (primary N) is 1. The third-order valence-electron chi connectivity index (χ3n) is 8.61. The Kier molecular flexibility index (Phi) is 23.8. The van der Waals surface area contributed by atoms with Gasteiger partial charge in [-0.25, -0.2) is 0 Å². The Morgan fingerprint density at radius 1 is 0.481 bits per heavy atom. The zero-order valence-electron chi connectivity index (χ0n) is 32.8. The van der Waals surface area contributed by atoms with E-state index in [1.54, 1.807) is 27.7 Å². The van der Waals surface area contributed by atoms with Crippen LogP contribution in [-0.4, -0.2) is 99.8 Å². The topological polar surface area (TPSA) is 292 Å². The zero-order chi connectivity index (χ0) is 41.5. The molecule has 0 saturated carbocycles. The first-order valence-corrected chi connectivity index (χ1v) is 18.8. The van der Waals surface area contributed by atoms with Gasteiger partial charge in [0.1, 0.15) is 36.3 Å². The second-order valence-corrected chi connectivity index (χ2v) is 14.2. The molecule has 308 valence electrons. The predicted octanol–water partition coefficient (Wildman–Crippen LogP) is 0.603. The number of unbranched alkanes of at least 4 members (excludes halogenated alkanes) is 6. The van der Waals surface area contributed by atoms with Gasteiger partial charge >= 0.3 is 11.9 Å². The van der Waals surface area contributed by atoms with Crippen molar-refractivity contribution in [1.29, 1.82) is 0 Å². The fourth-order valence-corrected chi connectivity index (χ4v) is 5.23. The molecule has 0 aromatic heterocycles. The van der Waals surface area contributed by atoms with Crippen LogP contribution in [0, 0.1) is 11.8 Å². The van der Waals surface area contributed by atoms with Gasteiger partial charge in [0.2, 0.25) is 41.4 Å². The smallest absolute Gasteiger partial charge is 0.303 e. The molecule has 0 aromatic rings. The van der Waals surface area contributed by atoms with Crippen molar-refractivity contribution < 1.29 is 53.4 Å². The van der Waals surface area contributed by atoms with E-state index in [2.05, 4.69) is 38.8 Å². The molecule has 54 heavy (non-hydrogen) atoms. The first kappa shape index (κ1) is 49.2. The molecular weight excluding hydrogens is 706 g/mol. The van der Waals surface area contributed by atoms with Crippen LogP contribution in [-0.2, 0) is 43.2 Å². The first-order chi connectivity index (χ1) is 25.2. The van der Waals surface area contributed by atoms with Crippen molar-refractivity contribution in [1.82, 2.24) is 31.9 Å². The molecular formula is C36H63N7O11. The van der Waals surface area contributed by atoms with Crippen LogP contribution < -0.4 is 37.6 Å². The number of nitrogens with one attached hydrogen (secondary N) is 6. The normalized spacial score (nSPS) is 14.4. The van der Waals surface area contributed by atoms with Gasteiger partial charge in [-0.05, 0) is 44.9 Å². The van der Waals surface area contributed by atoms with Crippen molar-refractivity contribution in [3.8, 4) is 0 Å². The lowest BCUT2D eigenvalue weighted by molar-refractivity contribution is -0.139. The highest BCUT2D eigenvalue weighted by molar-refractivity contribution is 5.97. The van der Waals surface area contributed by atoms with Gasteiger partial charge in [-0.2, -0.15) is 0 Å². The highest BCUT2D eigenvalue weighted by Crippen LogP contribution is 2.11. The number of carboxylic acids is 2. The van der Waals surface area contributed by atoms with E-state index >= 15 is 0 Å². The summed E-state index contributed by atoms with van der Waals surface area (Å²) >= 11 is 0. The minimum atomic E-state index is -1.49. The maximum absolute atomic E-state index is 13.3. The summed E-state index contributed by atoms with van der Waals surface area (Å²) < 4.78 is 0. The minimum absolute atomic E-state index is 0.258. The predicted molar refractivity (Wildman–Crippen MR) is 198 cm³/mol. The summed E-state index contributed by atoms with van der Waals surface area (Å²) in [6.45, 7) is 11.7. The van der Waals surface area contributed by atoms with Gasteiger partial charge in [-0.3, -0.25) is 43.2 Å². The molecule has 0 radical (unpaired) electrons. The van der Waals surface area contributed by atoms with Crippen molar-refractivity contribution >= 4 is 53.3 Å². The van der Waals surface area contributed by atoms with Crippen LogP contribution in [0.1, 0.15) is 126 Å². The van der Waals surface area contributed by atoms with E-state index in [4.69, 9.17) is 15.9 Å². The summed E-state index contributed by atoms with van der Waals surface area (Å²) in [6, 6.07) is -7.38. The highest BCUT2D eigenvalue weighted by Gasteiger charge is 2.33. The number of carbonyl (C=O) groups is 9. The number of rotatable bonds is 28. The Hall–Kier alpha value is -4.77. The fraction of sp³-hybridized carbons (Fsp3) is 0.750. The summed E-state index contributed by atoms with van der Waals surface area (Å²) in [6.07, 6.45) is 5.77. The minimum Gasteiger partial charge on any atom is -0.481 e. The highest BCUT2D eigenvalue weighted by atomic mass is 16.4. The van der Waals surface area contributed by atoms with E-state index in [1.165, 1.54) is 26.7 Å². The molecule has 0 heterocycles. The van der Waals surface area contributed by atoms with Crippen molar-refractivity contribution in [3.63, 3.8) is 0 Å². The average Bonchev–Trinajstić information content (AvgIpc) is 3.07. The van der Waals surface area contributed by atoms with Crippen LogP contribution in [0.4, 0.5) is 0 Å². The van der Waals surface area contributed by atoms with Gasteiger partial charge < -0.3 is 47.8 Å². The third kappa shape index (κ3) is 20.5. The van der Waals surface area contributed by atoms with E-state index in [9.17, 15) is 43.2 Å². The molecule has 0 spiro atoms. The SMILES string of the molecule is CCCCCCCCCC(=O)N[C@H](C(=O)N[C@H](C(=O)N[C@@H](C)C(=O)N[C@@H](C)C(=O)N[C@@H](CCC(=O)O)C(=O)N[C@@H](CCC(=O)O)C(N)=O)C(C)C)C(C)C. The van der Waals surface area contributed by atoms with Crippen LogP contribution in [0.5, 0.6) is 0 Å². The average molecular weight is 770 g/mol. The molecule has 10 N–H and O–H groups in total. The molecule has 0 aromatic carbocycles. The lowest BCUT2D eigenvalue weighted by Crippen LogP contribution is -2.60. The second-order valence-electron chi connectivity index (χ2n) is 14.2. The Bertz CT molecular complexity index is 1290. The van der Waals surface area contributed by atoms with E-state index in [0.29, 0.717) is 6.42 Å². The fourth-order valence-electron chi connectivity index (χ4n) is 5.23. The monoisotopic (exact) mass is 769 g/mol. The van der Waals surface area contributed by atoms with E-state index in [-0.39, 0.29) is 24.7 Å². The quantitative estimate of drug-likeness (QED) is 0.0497. The summed E-state index contributed by atoms with van der Waals surface area (Å²) in [5.41, 5.74) is 5.25.